The van der Waals surface area contributed by atoms with E-state index in [1.54, 1.807) is 61.5 Å². The summed E-state index contributed by atoms with van der Waals surface area (Å²) in [7, 11) is 1.54. The van der Waals surface area contributed by atoms with Gasteiger partial charge in [-0.1, -0.05) is 30.3 Å². The summed E-state index contributed by atoms with van der Waals surface area (Å²) in [4.78, 5) is 25.2. The number of carbonyl (C=O) groups excluding carboxylic acids is 2. The second-order valence-corrected chi connectivity index (χ2v) is 7.98. The standard InChI is InChI=1S/C25H25N3O4S/c1-31-23-10-6-5-9-22(23)27-25(30)18-32-20-13-11-19(12-14-20)17-26-28-24(29)15-16-33-21-7-3-2-4-8-21/h2-14,17H,15-16,18H2,1H3,(H,27,30)(H,28,29). The van der Waals surface area contributed by atoms with E-state index in [1.807, 2.05) is 42.5 Å². The minimum absolute atomic E-state index is 0.136. The topological polar surface area (TPSA) is 89.0 Å². The summed E-state index contributed by atoms with van der Waals surface area (Å²) in [6.07, 6.45) is 1.93. The highest BCUT2D eigenvalue weighted by molar-refractivity contribution is 7.99. The predicted molar refractivity (Wildman–Crippen MR) is 131 cm³/mol. The third kappa shape index (κ3) is 8.34. The molecule has 170 valence electrons. The number of hydrogen-bond donors (Lipinski definition) is 2. The molecule has 0 aromatic heterocycles. The van der Waals surface area contributed by atoms with Gasteiger partial charge in [0.1, 0.15) is 11.5 Å². The number of anilines is 1. The Balaban J connectivity index is 1.37. The first-order valence-electron chi connectivity index (χ1n) is 10.3. The molecule has 0 aliphatic heterocycles. The Hall–Kier alpha value is -3.78. The van der Waals surface area contributed by atoms with Crippen molar-refractivity contribution in [2.24, 2.45) is 5.10 Å². The Morgan fingerprint density at radius 1 is 0.939 bits per heavy atom. The fraction of sp³-hybridized carbons (Fsp3) is 0.160. The van der Waals surface area contributed by atoms with Crippen molar-refractivity contribution in [3.63, 3.8) is 0 Å². The number of para-hydroxylation sites is 2. The monoisotopic (exact) mass is 463 g/mol. The molecule has 0 fully saturated rings. The molecule has 3 aromatic rings. The van der Waals surface area contributed by atoms with Gasteiger partial charge in [0.05, 0.1) is 19.0 Å². The fourth-order valence-corrected chi connectivity index (χ4v) is 3.62. The third-order valence-corrected chi connectivity index (χ3v) is 5.39. The number of rotatable bonds is 11. The van der Waals surface area contributed by atoms with E-state index in [1.165, 1.54) is 0 Å². The van der Waals surface area contributed by atoms with Crippen LogP contribution in [0.5, 0.6) is 11.5 Å². The number of thioether (sulfide) groups is 1. The van der Waals surface area contributed by atoms with Crippen LogP contribution < -0.4 is 20.2 Å². The SMILES string of the molecule is COc1ccccc1NC(=O)COc1ccc(C=NNC(=O)CCSc2ccccc2)cc1. The summed E-state index contributed by atoms with van der Waals surface area (Å²) in [6.45, 7) is -0.136. The van der Waals surface area contributed by atoms with Crippen molar-refractivity contribution in [2.75, 3.05) is 24.8 Å². The molecule has 2 amide bonds. The minimum atomic E-state index is -0.293. The summed E-state index contributed by atoms with van der Waals surface area (Å²) < 4.78 is 10.7. The van der Waals surface area contributed by atoms with Crippen LogP contribution in [0.4, 0.5) is 5.69 Å². The molecular formula is C25H25N3O4S. The Morgan fingerprint density at radius 2 is 1.67 bits per heavy atom. The van der Waals surface area contributed by atoms with Gasteiger partial charge in [0.15, 0.2) is 6.61 Å². The zero-order valence-corrected chi connectivity index (χ0v) is 19.0. The number of benzene rings is 3. The molecule has 0 unspecified atom stereocenters. The maximum atomic E-state index is 12.1. The van der Waals surface area contributed by atoms with Crippen molar-refractivity contribution < 1.29 is 19.1 Å². The molecule has 33 heavy (non-hydrogen) atoms. The van der Waals surface area contributed by atoms with Crippen molar-refractivity contribution >= 4 is 35.5 Å². The Bertz CT molecular complexity index is 1070. The number of nitrogens with zero attached hydrogens (tertiary/aromatic N) is 1. The first-order chi connectivity index (χ1) is 16.1. The highest BCUT2D eigenvalue weighted by atomic mass is 32.2. The molecule has 0 aliphatic carbocycles. The first kappa shape index (κ1) is 23.9. The second kappa shape index (κ2) is 12.9. The van der Waals surface area contributed by atoms with Gasteiger partial charge in [-0.25, -0.2) is 5.43 Å². The van der Waals surface area contributed by atoms with Crippen LogP contribution >= 0.6 is 11.8 Å². The molecule has 0 saturated carbocycles. The molecule has 0 bridgehead atoms. The van der Waals surface area contributed by atoms with Crippen LogP contribution in [0.25, 0.3) is 0 Å². The van der Waals surface area contributed by atoms with E-state index in [0.29, 0.717) is 29.4 Å². The van der Waals surface area contributed by atoms with Gasteiger partial charge < -0.3 is 14.8 Å². The predicted octanol–water partition coefficient (Wildman–Crippen LogP) is 4.35. The van der Waals surface area contributed by atoms with Crippen LogP contribution in [0.15, 0.2) is 88.9 Å². The van der Waals surface area contributed by atoms with Crippen molar-refractivity contribution in [3.05, 3.63) is 84.4 Å². The smallest absolute Gasteiger partial charge is 0.262 e. The number of amides is 2. The van der Waals surface area contributed by atoms with E-state index in [9.17, 15) is 9.59 Å². The third-order valence-electron chi connectivity index (χ3n) is 4.38. The largest absolute Gasteiger partial charge is 0.495 e. The quantitative estimate of drug-likeness (QED) is 0.251. The summed E-state index contributed by atoms with van der Waals surface area (Å²) >= 11 is 1.63. The lowest BCUT2D eigenvalue weighted by molar-refractivity contribution is -0.120. The molecule has 7 nitrogen and oxygen atoms in total. The average molecular weight is 464 g/mol. The lowest BCUT2D eigenvalue weighted by Gasteiger charge is -2.10. The summed E-state index contributed by atoms with van der Waals surface area (Å²) in [5, 5.41) is 6.74. The maximum absolute atomic E-state index is 12.1. The van der Waals surface area contributed by atoms with Crippen molar-refractivity contribution in [3.8, 4) is 11.5 Å². The van der Waals surface area contributed by atoms with E-state index in [2.05, 4.69) is 15.8 Å². The van der Waals surface area contributed by atoms with Crippen molar-refractivity contribution in [1.29, 1.82) is 0 Å². The first-order valence-corrected chi connectivity index (χ1v) is 11.3. The molecule has 3 rings (SSSR count). The van der Waals surface area contributed by atoms with Crippen LogP contribution in [0.3, 0.4) is 0 Å². The minimum Gasteiger partial charge on any atom is -0.495 e. The van der Waals surface area contributed by atoms with Crippen LogP contribution in [0.2, 0.25) is 0 Å². The van der Waals surface area contributed by atoms with Gasteiger partial charge in [-0.3, -0.25) is 9.59 Å². The second-order valence-electron chi connectivity index (χ2n) is 6.81. The van der Waals surface area contributed by atoms with Crippen molar-refractivity contribution in [2.45, 2.75) is 11.3 Å². The van der Waals surface area contributed by atoms with Gasteiger partial charge in [0.25, 0.3) is 5.91 Å². The van der Waals surface area contributed by atoms with Gasteiger partial charge in [-0.2, -0.15) is 5.10 Å². The van der Waals surface area contributed by atoms with E-state index in [4.69, 9.17) is 9.47 Å². The summed E-state index contributed by atoms with van der Waals surface area (Å²) in [5.74, 6) is 1.37. The fourth-order valence-electron chi connectivity index (χ4n) is 2.75. The molecule has 0 heterocycles. The van der Waals surface area contributed by atoms with Crippen LogP contribution in [-0.2, 0) is 9.59 Å². The van der Waals surface area contributed by atoms with E-state index < -0.39 is 0 Å². The zero-order valence-electron chi connectivity index (χ0n) is 18.2. The van der Waals surface area contributed by atoms with Crippen molar-refractivity contribution in [1.82, 2.24) is 5.43 Å². The molecular weight excluding hydrogens is 438 g/mol. The van der Waals surface area contributed by atoms with Crippen LogP contribution in [-0.4, -0.2) is 37.5 Å². The van der Waals surface area contributed by atoms with Crippen LogP contribution in [0.1, 0.15) is 12.0 Å². The number of methoxy groups -OCH3 is 1. The number of ether oxygens (including phenoxy) is 2. The molecule has 0 atom stereocenters. The van der Waals surface area contributed by atoms with E-state index >= 15 is 0 Å². The highest BCUT2D eigenvalue weighted by Gasteiger charge is 2.07. The van der Waals surface area contributed by atoms with Gasteiger partial charge in [0, 0.05) is 17.1 Å². The molecule has 0 saturated heterocycles. The zero-order chi connectivity index (χ0) is 23.3. The Kier molecular flexibility index (Phi) is 9.35. The van der Waals surface area contributed by atoms with E-state index in [0.717, 1.165) is 10.5 Å². The number of hydrazone groups is 1. The van der Waals surface area contributed by atoms with E-state index in [-0.39, 0.29) is 18.4 Å². The molecule has 0 radical (unpaired) electrons. The van der Waals surface area contributed by atoms with Crippen LogP contribution in [0, 0.1) is 0 Å². The lowest BCUT2D eigenvalue weighted by atomic mass is 10.2. The van der Waals surface area contributed by atoms with Gasteiger partial charge in [0.2, 0.25) is 5.91 Å². The lowest BCUT2D eigenvalue weighted by Crippen LogP contribution is -2.20. The summed E-state index contributed by atoms with van der Waals surface area (Å²) in [6, 6.07) is 24.1. The summed E-state index contributed by atoms with van der Waals surface area (Å²) in [5.41, 5.74) is 3.90. The van der Waals surface area contributed by atoms with Gasteiger partial charge >= 0.3 is 0 Å². The molecule has 8 heteroatoms. The van der Waals surface area contributed by atoms with Gasteiger partial charge in [-0.15, -0.1) is 11.8 Å². The normalized spacial score (nSPS) is 10.6. The van der Waals surface area contributed by atoms with Gasteiger partial charge in [-0.05, 0) is 54.1 Å². The highest BCUT2D eigenvalue weighted by Crippen LogP contribution is 2.23. The maximum Gasteiger partial charge on any atom is 0.262 e. The Labute approximate surface area is 197 Å². The number of hydrogen-bond acceptors (Lipinski definition) is 6. The molecule has 3 aromatic carbocycles. The molecule has 0 spiro atoms. The Morgan fingerprint density at radius 3 is 2.42 bits per heavy atom. The number of carbonyl (C=O) groups is 2. The number of nitrogens with one attached hydrogen (secondary N) is 2. The average Bonchev–Trinajstić information content (AvgIpc) is 2.84. The molecule has 2 N–H and O–H groups in total. The molecule has 0 aliphatic rings.